The van der Waals surface area contributed by atoms with E-state index in [4.69, 9.17) is 9.47 Å². The molecule has 3 aromatic rings. The van der Waals surface area contributed by atoms with Crippen molar-refractivity contribution in [1.82, 2.24) is 0 Å². The Morgan fingerprint density at radius 2 is 1.78 bits per heavy atom. The number of carbonyl (C=O) groups excluding carboxylic acids is 1. The quantitative estimate of drug-likeness (QED) is 0.635. The fraction of sp³-hybridized carbons (Fsp3) is 0.208. The van der Waals surface area contributed by atoms with Crippen molar-refractivity contribution in [2.24, 2.45) is 0 Å². The second-order valence-electron chi connectivity index (χ2n) is 7.59. The first kappa shape index (κ1) is 21.7. The van der Waals surface area contributed by atoms with E-state index in [0.717, 1.165) is 11.1 Å². The van der Waals surface area contributed by atoms with Crippen molar-refractivity contribution < 1.29 is 22.7 Å². The van der Waals surface area contributed by atoms with Gasteiger partial charge in [-0.05, 0) is 61.9 Å². The third-order valence-corrected chi connectivity index (χ3v) is 7.11. The fourth-order valence-electron chi connectivity index (χ4n) is 3.61. The zero-order valence-electron chi connectivity index (χ0n) is 18.0. The number of hydrogen-bond acceptors (Lipinski definition) is 5. The first-order valence-corrected chi connectivity index (χ1v) is 11.5. The van der Waals surface area contributed by atoms with Crippen LogP contribution in [0.2, 0.25) is 0 Å². The molecule has 8 heteroatoms. The number of sulfonamides is 1. The summed E-state index contributed by atoms with van der Waals surface area (Å²) >= 11 is 0. The zero-order valence-corrected chi connectivity index (χ0v) is 18.8. The predicted octanol–water partition coefficient (Wildman–Crippen LogP) is 3.91. The Kier molecular flexibility index (Phi) is 5.80. The molecule has 7 nitrogen and oxygen atoms in total. The van der Waals surface area contributed by atoms with E-state index in [1.807, 2.05) is 32.0 Å². The minimum atomic E-state index is -3.94. The van der Waals surface area contributed by atoms with Crippen LogP contribution in [-0.2, 0) is 14.8 Å². The number of methoxy groups -OCH3 is 1. The van der Waals surface area contributed by atoms with Crippen molar-refractivity contribution in [1.29, 1.82) is 0 Å². The Morgan fingerprint density at radius 3 is 2.47 bits per heavy atom. The number of nitrogens with zero attached hydrogens (tertiary/aromatic N) is 1. The van der Waals surface area contributed by atoms with Crippen LogP contribution in [0.4, 0.5) is 11.4 Å². The SMILES string of the molecule is COc1ccc(S(=O)(=O)N2C[C@H](C(=O)Nc3ccc(C)cc3C)Oc3ccccc32)cc1. The summed E-state index contributed by atoms with van der Waals surface area (Å²) in [5.41, 5.74) is 3.05. The topological polar surface area (TPSA) is 84.9 Å². The van der Waals surface area contributed by atoms with Crippen LogP contribution in [0.1, 0.15) is 11.1 Å². The molecule has 0 unspecified atom stereocenters. The Bertz CT molecular complexity index is 1260. The van der Waals surface area contributed by atoms with Gasteiger partial charge in [0.2, 0.25) is 0 Å². The molecule has 0 aliphatic carbocycles. The van der Waals surface area contributed by atoms with Crippen molar-refractivity contribution in [3.63, 3.8) is 0 Å². The van der Waals surface area contributed by atoms with Crippen LogP contribution in [0.15, 0.2) is 71.6 Å². The summed E-state index contributed by atoms with van der Waals surface area (Å²) in [6.07, 6.45) is -1.02. The molecule has 166 valence electrons. The average Bonchev–Trinajstić information content (AvgIpc) is 2.80. The Morgan fingerprint density at radius 1 is 1.06 bits per heavy atom. The number of hydrogen-bond donors (Lipinski definition) is 1. The van der Waals surface area contributed by atoms with E-state index in [1.165, 1.54) is 23.5 Å². The number of anilines is 2. The maximum absolute atomic E-state index is 13.5. The van der Waals surface area contributed by atoms with Crippen LogP contribution in [0.5, 0.6) is 11.5 Å². The van der Waals surface area contributed by atoms with Gasteiger partial charge in [0.15, 0.2) is 6.10 Å². The molecule has 0 spiro atoms. The third-order valence-electron chi connectivity index (χ3n) is 5.31. The fourth-order valence-corrected chi connectivity index (χ4v) is 5.08. The summed E-state index contributed by atoms with van der Waals surface area (Å²) in [7, 11) is -2.42. The molecular formula is C24H24N2O5S. The lowest BCUT2D eigenvalue weighted by atomic mass is 10.1. The lowest BCUT2D eigenvalue weighted by Gasteiger charge is -2.34. The van der Waals surface area contributed by atoms with Crippen LogP contribution in [0, 0.1) is 13.8 Å². The molecule has 1 aliphatic heterocycles. The van der Waals surface area contributed by atoms with Gasteiger partial charge in [0.1, 0.15) is 11.5 Å². The predicted molar refractivity (Wildman–Crippen MR) is 123 cm³/mol. The maximum atomic E-state index is 13.5. The summed E-state index contributed by atoms with van der Waals surface area (Å²) in [6, 6.07) is 18.6. The molecule has 1 atom stereocenters. The highest BCUT2D eigenvalue weighted by atomic mass is 32.2. The van der Waals surface area contributed by atoms with Gasteiger partial charge in [0.25, 0.3) is 15.9 Å². The first-order valence-electron chi connectivity index (χ1n) is 10.1. The second kappa shape index (κ2) is 8.55. The van der Waals surface area contributed by atoms with Gasteiger partial charge < -0.3 is 14.8 Å². The summed E-state index contributed by atoms with van der Waals surface area (Å²) in [5.74, 6) is 0.468. The number of aryl methyl sites for hydroxylation is 2. The molecule has 0 radical (unpaired) electrons. The van der Waals surface area contributed by atoms with E-state index in [-0.39, 0.29) is 11.4 Å². The van der Waals surface area contributed by atoms with Gasteiger partial charge in [-0.1, -0.05) is 29.8 Å². The number of rotatable bonds is 5. The van der Waals surface area contributed by atoms with Crippen LogP contribution >= 0.6 is 0 Å². The molecule has 0 bridgehead atoms. The van der Waals surface area contributed by atoms with Gasteiger partial charge >= 0.3 is 0 Å². The number of amides is 1. The van der Waals surface area contributed by atoms with Crippen LogP contribution < -0.4 is 19.1 Å². The Balaban J connectivity index is 1.66. The maximum Gasteiger partial charge on any atom is 0.267 e. The molecule has 4 rings (SSSR count). The summed E-state index contributed by atoms with van der Waals surface area (Å²) in [4.78, 5) is 13.1. The van der Waals surface area contributed by atoms with Crippen molar-refractivity contribution in [2.75, 3.05) is 23.3 Å². The summed E-state index contributed by atoms with van der Waals surface area (Å²) < 4.78 is 39.2. The molecule has 0 aromatic heterocycles. The van der Waals surface area contributed by atoms with Crippen molar-refractivity contribution >= 4 is 27.3 Å². The largest absolute Gasteiger partial charge is 0.497 e. The van der Waals surface area contributed by atoms with E-state index in [2.05, 4.69) is 5.32 Å². The molecule has 0 saturated heterocycles. The summed E-state index contributed by atoms with van der Waals surface area (Å²) in [6.45, 7) is 3.73. The molecule has 1 heterocycles. The summed E-state index contributed by atoms with van der Waals surface area (Å²) in [5, 5.41) is 2.86. The molecule has 32 heavy (non-hydrogen) atoms. The number of benzene rings is 3. The lowest BCUT2D eigenvalue weighted by molar-refractivity contribution is -0.122. The van der Waals surface area contributed by atoms with Crippen LogP contribution in [0.25, 0.3) is 0 Å². The highest BCUT2D eigenvalue weighted by Gasteiger charge is 2.37. The highest BCUT2D eigenvalue weighted by molar-refractivity contribution is 7.92. The molecule has 1 aliphatic rings. The highest BCUT2D eigenvalue weighted by Crippen LogP contribution is 2.37. The number of carbonyl (C=O) groups is 1. The van der Waals surface area contributed by atoms with Gasteiger partial charge in [-0.2, -0.15) is 0 Å². The minimum absolute atomic E-state index is 0.101. The third kappa shape index (κ3) is 4.13. The monoisotopic (exact) mass is 452 g/mol. The standard InChI is InChI=1S/C24H24N2O5S/c1-16-8-13-20(17(2)14-16)25-24(27)23-15-26(21-6-4-5-7-22(21)31-23)32(28,29)19-11-9-18(30-3)10-12-19/h4-14,23H,15H2,1-3H3,(H,25,27)/t23-/m1/s1. The van der Waals surface area contributed by atoms with E-state index in [9.17, 15) is 13.2 Å². The van der Waals surface area contributed by atoms with Crippen molar-refractivity contribution in [3.8, 4) is 11.5 Å². The molecule has 0 fully saturated rings. The molecule has 1 amide bonds. The van der Waals surface area contributed by atoms with Gasteiger partial charge in [0, 0.05) is 5.69 Å². The second-order valence-corrected chi connectivity index (χ2v) is 9.46. The van der Waals surface area contributed by atoms with Crippen molar-refractivity contribution in [3.05, 3.63) is 77.9 Å². The van der Waals surface area contributed by atoms with E-state index in [1.54, 1.807) is 36.4 Å². The molecule has 0 saturated carbocycles. The first-order chi connectivity index (χ1) is 15.3. The van der Waals surface area contributed by atoms with Gasteiger partial charge in [-0.15, -0.1) is 0 Å². The number of nitrogens with one attached hydrogen (secondary N) is 1. The molecule has 3 aromatic carbocycles. The zero-order chi connectivity index (χ0) is 22.9. The molecule has 1 N–H and O–H groups in total. The normalized spacial score (nSPS) is 15.5. The van der Waals surface area contributed by atoms with E-state index in [0.29, 0.717) is 22.9 Å². The smallest absolute Gasteiger partial charge is 0.267 e. The minimum Gasteiger partial charge on any atom is -0.497 e. The lowest BCUT2D eigenvalue weighted by Crippen LogP contribution is -2.48. The number of ether oxygens (including phenoxy) is 2. The van der Waals surface area contributed by atoms with Crippen molar-refractivity contribution in [2.45, 2.75) is 24.8 Å². The van der Waals surface area contributed by atoms with Gasteiger partial charge in [0.05, 0.1) is 24.2 Å². The number of para-hydroxylation sites is 2. The Labute approximate surface area is 187 Å². The van der Waals surface area contributed by atoms with Crippen LogP contribution in [0.3, 0.4) is 0 Å². The Hall–Kier alpha value is -3.52. The van der Waals surface area contributed by atoms with E-state index >= 15 is 0 Å². The van der Waals surface area contributed by atoms with Gasteiger partial charge in [-0.25, -0.2) is 8.42 Å². The van der Waals surface area contributed by atoms with E-state index < -0.39 is 22.0 Å². The van der Waals surface area contributed by atoms with Gasteiger partial charge in [-0.3, -0.25) is 9.10 Å². The van der Waals surface area contributed by atoms with Crippen LogP contribution in [-0.4, -0.2) is 34.1 Å². The number of fused-ring (bicyclic) bond motifs is 1. The average molecular weight is 453 g/mol. The molecular weight excluding hydrogens is 428 g/mol.